The summed E-state index contributed by atoms with van der Waals surface area (Å²) in [7, 11) is 3.17. The molecular weight excluding hydrogens is 292 g/mol. The molecule has 0 saturated heterocycles. The molecule has 1 aliphatic carbocycles. The number of nitrogens with one attached hydrogen (secondary N) is 1. The van der Waals surface area contributed by atoms with Gasteiger partial charge in [0.15, 0.2) is 0 Å². The minimum absolute atomic E-state index is 0.0879. The molecule has 1 N–H and O–H groups in total. The van der Waals surface area contributed by atoms with Gasteiger partial charge in [0.1, 0.15) is 5.54 Å². The Morgan fingerprint density at radius 1 is 1.48 bits per heavy atom. The fraction of sp³-hybridized carbons (Fsp3) is 0.500. The quantitative estimate of drug-likeness (QED) is 0.511. The second-order valence-corrected chi connectivity index (χ2v) is 6.43. The Bertz CT molecular complexity index is 534. The van der Waals surface area contributed by atoms with Gasteiger partial charge in [-0.1, -0.05) is 0 Å². The lowest BCUT2D eigenvalue weighted by molar-refractivity contribution is -0.384. The summed E-state index contributed by atoms with van der Waals surface area (Å²) in [4.78, 5) is 23.1. The van der Waals surface area contributed by atoms with Gasteiger partial charge < -0.3 is 10.1 Å². The number of esters is 1. The third-order valence-electron chi connectivity index (χ3n) is 3.87. The number of likely N-dealkylation sites (N-methyl/N-ethyl adjacent to an activating group) is 1. The third-order valence-corrected chi connectivity index (χ3v) is 5.15. The van der Waals surface area contributed by atoms with Crippen molar-refractivity contribution in [2.24, 2.45) is 0 Å². The van der Waals surface area contributed by atoms with E-state index in [2.05, 4.69) is 5.32 Å². The van der Waals surface area contributed by atoms with Gasteiger partial charge in [-0.2, -0.15) is 0 Å². The van der Waals surface area contributed by atoms with Crippen LogP contribution in [0.15, 0.2) is 29.2 Å². The molecule has 0 aromatic heterocycles. The van der Waals surface area contributed by atoms with E-state index in [1.54, 1.807) is 30.9 Å². The van der Waals surface area contributed by atoms with Gasteiger partial charge in [0, 0.05) is 22.3 Å². The topological polar surface area (TPSA) is 81.5 Å². The fourth-order valence-electron chi connectivity index (χ4n) is 2.65. The van der Waals surface area contributed by atoms with Crippen LogP contribution in [0.1, 0.15) is 19.3 Å². The summed E-state index contributed by atoms with van der Waals surface area (Å²) in [5, 5.41) is 14.0. The van der Waals surface area contributed by atoms with Crippen LogP contribution < -0.4 is 5.32 Å². The Balaban J connectivity index is 2.02. The average Bonchev–Trinajstić information content (AvgIpc) is 2.91. The number of hydrogen-bond donors (Lipinski definition) is 1. The van der Waals surface area contributed by atoms with Crippen molar-refractivity contribution in [3.8, 4) is 0 Å². The molecule has 2 rings (SSSR count). The van der Waals surface area contributed by atoms with Crippen LogP contribution in [0.5, 0.6) is 0 Å². The lowest BCUT2D eigenvalue weighted by Gasteiger charge is -2.25. The normalized spacial score (nSPS) is 24.8. The summed E-state index contributed by atoms with van der Waals surface area (Å²) >= 11 is 1.65. The van der Waals surface area contributed by atoms with Crippen molar-refractivity contribution < 1.29 is 14.5 Å². The summed E-state index contributed by atoms with van der Waals surface area (Å²) in [5.74, 6) is -0.225. The van der Waals surface area contributed by atoms with E-state index in [1.807, 2.05) is 0 Å². The van der Waals surface area contributed by atoms with Gasteiger partial charge in [-0.05, 0) is 38.4 Å². The number of thioether (sulfide) groups is 1. The number of benzene rings is 1. The Hall–Kier alpha value is -1.60. The molecule has 0 heterocycles. The van der Waals surface area contributed by atoms with E-state index in [0.717, 1.165) is 17.7 Å². The summed E-state index contributed by atoms with van der Waals surface area (Å²) in [6, 6.07) is 6.51. The Kier molecular flexibility index (Phi) is 4.84. The zero-order valence-corrected chi connectivity index (χ0v) is 12.8. The predicted octanol–water partition coefficient (Wildman–Crippen LogP) is 2.37. The van der Waals surface area contributed by atoms with Crippen LogP contribution in [0.4, 0.5) is 5.69 Å². The number of nitrogens with zero attached hydrogens (tertiary/aromatic N) is 1. The molecule has 1 aromatic rings. The number of non-ortho nitro benzene ring substituents is 1. The van der Waals surface area contributed by atoms with Crippen molar-refractivity contribution in [2.75, 3.05) is 14.2 Å². The molecule has 114 valence electrons. The highest BCUT2D eigenvalue weighted by Crippen LogP contribution is 2.40. The number of carbonyl (C=O) groups excluding carboxylic acids is 1. The van der Waals surface area contributed by atoms with Crippen LogP contribution in [0, 0.1) is 10.1 Å². The first kappa shape index (κ1) is 15.8. The van der Waals surface area contributed by atoms with Crippen molar-refractivity contribution in [1.82, 2.24) is 5.32 Å². The van der Waals surface area contributed by atoms with Gasteiger partial charge in [-0.3, -0.25) is 14.9 Å². The second kappa shape index (κ2) is 6.44. The van der Waals surface area contributed by atoms with Gasteiger partial charge in [0.25, 0.3) is 5.69 Å². The van der Waals surface area contributed by atoms with E-state index >= 15 is 0 Å². The summed E-state index contributed by atoms with van der Waals surface area (Å²) in [5.41, 5.74) is -0.516. The van der Waals surface area contributed by atoms with Crippen molar-refractivity contribution in [3.63, 3.8) is 0 Å². The zero-order valence-electron chi connectivity index (χ0n) is 12.0. The number of nitro benzene ring substituents is 1. The molecule has 2 unspecified atom stereocenters. The molecule has 0 bridgehead atoms. The van der Waals surface area contributed by atoms with Gasteiger partial charge in [0.05, 0.1) is 12.0 Å². The molecule has 1 aliphatic rings. The number of methoxy groups -OCH3 is 1. The SMILES string of the molecule is CNC1(C(=O)OC)CCC(Sc2ccc([N+](=O)[O-])cc2)C1. The first-order chi connectivity index (χ1) is 10.0. The van der Waals surface area contributed by atoms with E-state index in [9.17, 15) is 14.9 Å². The maximum atomic E-state index is 11.9. The second-order valence-electron chi connectivity index (χ2n) is 5.06. The first-order valence-corrected chi connectivity index (χ1v) is 7.57. The Morgan fingerprint density at radius 2 is 2.14 bits per heavy atom. The molecule has 2 atom stereocenters. The van der Waals surface area contributed by atoms with Crippen molar-refractivity contribution in [3.05, 3.63) is 34.4 Å². The van der Waals surface area contributed by atoms with Crippen LogP contribution >= 0.6 is 11.8 Å². The Morgan fingerprint density at radius 3 is 2.67 bits per heavy atom. The molecule has 0 aliphatic heterocycles. The van der Waals surface area contributed by atoms with Gasteiger partial charge in [-0.25, -0.2) is 0 Å². The van der Waals surface area contributed by atoms with E-state index in [-0.39, 0.29) is 16.9 Å². The molecule has 1 aromatic carbocycles. The van der Waals surface area contributed by atoms with Crippen LogP contribution in [0.2, 0.25) is 0 Å². The largest absolute Gasteiger partial charge is 0.468 e. The highest BCUT2D eigenvalue weighted by Gasteiger charge is 2.45. The molecule has 1 saturated carbocycles. The maximum Gasteiger partial charge on any atom is 0.326 e. The minimum atomic E-state index is -0.604. The standard InChI is InChI=1S/C14H18N2O4S/c1-15-14(13(17)20-2)8-7-12(9-14)21-11-5-3-10(4-6-11)16(18)19/h3-6,12,15H,7-9H2,1-2H3. The maximum absolute atomic E-state index is 11.9. The van der Waals surface area contributed by atoms with E-state index < -0.39 is 10.5 Å². The highest BCUT2D eigenvalue weighted by atomic mass is 32.2. The van der Waals surface area contributed by atoms with Crippen LogP contribution in [0.25, 0.3) is 0 Å². The first-order valence-electron chi connectivity index (χ1n) is 6.69. The van der Waals surface area contributed by atoms with Crippen LogP contribution in [-0.2, 0) is 9.53 Å². The molecule has 0 radical (unpaired) electrons. The molecule has 0 spiro atoms. The number of carbonyl (C=O) groups is 1. The fourth-order valence-corrected chi connectivity index (χ4v) is 3.93. The lowest BCUT2D eigenvalue weighted by Crippen LogP contribution is -2.49. The highest BCUT2D eigenvalue weighted by molar-refractivity contribution is 8.00. The van der Waals surface area contributed by atoms with Crippen LogP contribution in [-0.4, -0.2) is 35.8 Å². The lowest BCUT2D eigenvalue weighted by atomic mass is 9.98. The molecule has 7 heteroatoms. The van der Waals surface area contributed by atoms with E-state index in [0.29, 0.717) is 6.42 Å². The van der Waals surface area contributed by atoms with Crippen molar-refractivity contribution in [1.29, 1.82) is 0 Å². The third kappa shape index (κ3) is 3.36. The molecule has 0 amide bonds. The molecule has 1 fully saturated rings. The number of rotatable bonds is 5. The summed E-state index contributed by atoms with van der Waals surface area (Å²) < 4.78 is 4.88. The molecule has 6 nitrogen and oxygen atoms in total. The monoisotopic (exact) mass is 310 g/mol. The minimum Gasteiger partial charge on any atom is -0.468 e. The number of nitro groups is 1. The molecular formula is C14H18N2O4S. The number of hydrogen-bond acceptors (Lipinski definition) is 6. The van der Waals surface area contributed by atoms with Crippen molar-refractivity contribution >= 4 is 23.4 Å². The number of ether oxygens (including phenoxy) is 1. The summed E-state index contributed by atoms with van der Waals surface area (Å²) in [6.07, 6.45) is 2.33. The van der Waals surface area contributed by atoms with Gasteiger partial charge in [-0.15, -0.1) is 11.8 Å². The Labute approximate surface area is 127 Å². The summed E-state index contributed by atoms with van der Waals surface area (Å²) in [6.45, 7) is 0. The van der Waals surface area contributed by atoms with Gasteiger partial charge >= 0.3 is 5.97 Å². The van der Waals surface area contributed by atoms with E-state index in [1.165, 1.54) is 19.2 Å². The van der Waals surface area contributed by atoms with Gasteiger partial charge in [0.2, 0.25) is 0 Å². The van der Waals surface area contributed by atoms with Crippen molar-refractivity contribution in [2.45, 2.75) is 34.9 Å². The zero-order chi connectivity index (χ0) is 15.5. The molecule has 21 heavy (non-hydrogen) atoms. The van der Waals surface area contributed by atoms with Crippen LogP contribution in [0.3, 0.4) is 0 Å². The average molecular weight is 310 g/mol. The predicted molar refractivity (Wildman–Crippen MR) is 80.4 cm³/mol. The smallest absolute Gasteiger partial charge is 0.326 e. The van der Waals surface area contributed by atoms with E-state index in [4.69, 9.17) is 4.74 Å².